The number of hydrogen-bond acceptors (Lipinski definition) is 2. The van der Waals surface area contributed by atoms with Crippen LogP contribution in [0.4, 0.5) is 0 Å². The number of hydrogen-bond donors (Lipinski definition) is 1. The summed E-state index contributed by atoms with van der Waals surface area (Å²) < 4.78 is 2.02. The van der Waals surface area contributed by atoms with Crippen LogP contribution in [0.3, 0.4) is 0 Å². The zero-order chi connectivity index (χ0) is 19.1. The Hall–Kier alpha value is -2.33. The third-order valence-corrected chi connectivity index (χ3v) is 5.74. The standard InChI is InChI=1S/C22H25ClN4/c1-5-16(6-2)18-9-13(3)26-27-21(14(4)24-22(18)27)20-11-17-10-15(12-23)7-8-19(17)25-20/h7-11,16,25H,5-6,12H2,1-4H3. The van der Waals surface area contributed by atoms with Gasteiger partial charge in [0.1, 0.15) is 5.69 Å². The summed E-state index contributed by atoms with van der Waals surface area (Å²) in [5.41, 5.74) is 8.56. The van der Waals surface area contributed by atoms with Gasteiger partial charge in [0.2, 0.25) is 0 Å². The molecule has 3 heterocycles. The minimum Gasteiger partial charge on any atom is -0.353 e. The highest BCUT2D eigenvalue weighted by Gasteiger charge is 2.20. The Labute approximate surface area is 164 Å². The van der Waals surface area contributed by atoms with Crippen LogP contribution in [-0.2, 0) is 5.88 Å². The molecule has 0 aliphatic rings. The molecule has 1 N–H and O–H groups in total. The summed E-state index contributed by atoms with van der Waals surface area (Å²) >= 11 is 5.99. The Morgan fingerprint density at radius 1 is 1.11 bits per heavy atom. The number of aromatic amines is 1. The second-order valence-electron chi connectivity index (χ2n) is 7.27. The lowest BCUT2D eigenvalue weighted by molar-refractivity contribution is 0.638. The van der Waals surface area contributed by atoms with Crippen molar-refractivity contribution in [3.05, 3.63) is 52.8 Å². The predicted molar refractivity (Wildman–Crippen MR) is 113 cm³/mol. The number of aryl methyl sites for hydroxylation is 2. The second kappa shape index (κ2) is 7.01. The van der Waals surface area contributed by atoms with Crippen LogP contribution in [0.15, 0.2) is 30.3 Å². The maximum absolute atomic E-state index is 5.99. The minimum atomic E-state index is 0.498. The van der Waals surface area contributed by atoms with Gasteiger partial charge < -0.3 is 4.98 Å². The van der Waals surface area contributed by atoms with Crippen LogP contribution in [0.25, 0.3) is 27.9 Å². The number of benzene rings is 1. The van der Waals surface area contributed by atoms with E-state index < -0.39 is 0 Å². The van der Waals surface area contributed by atoms with Crippen LogP contribution in [0, 0.1) is 13.8 Å². The molecule has 0 spiro atoms. The van der Waals surface area contributed by atoms with E-state index >= 15 is 0 Å². The molecule has 4 rings (SSSR count). The quantitative estimate of drug-likeness (QED) is 0.423. The highest BCUT2D eigenvalue weighted by atomic mass is 35.5. The van der Waals surface area contributed by atoms with Gasteiger partial charge in [0.25, 0.3) is 0 Å². The number of nitrogens with zero attached hydrogens (tertiary/aromatic N) is 3. The van der Waals surface area contributed by atoms with E-state index in [0.29, 0.717) is 11.8 Å². The van der Waals surface area contributed by atoms with Gasteiger partial charge >= 0.3 is 0 Å². The number of imidazole rings is 1. The molecule has 0 bridgehead atoms. The number of aromatic nitrogens is 4. The van der Waals surface area contributed by atoms with E-state index in [-0.39, 0.29) is 0 Å². The predicted octanol–water partition coefficient (Wildman–Crippen LogP) is 6.14. The number of nitrogens with one attached hydrogen (secondary N) is 1. The molecule has 0 fully saturated rings. The maximum Gasteiger partial charge on any atom is 0.158 e. The molecule has 27 heavy (non-hydrogen) atoms. The topological polar surface area (TPSA) is 46.0 Å². The van der Waals surface area contributed by atoms with Crippen molar-refractivity contribution in [2.45, 2.75) is 52.3 Å². The summed E-state index contributed by atoms with van der Waals surface area (Å²) in [7, 11) is 0. The molecule has 1 aromatic carbocycles. The van der Waals surface area contributed by atoms with Crippen molar-refractivity contribution >= 4 is 28.2 Å². The largest absolute Gasteiger partial charge is 0.353 e. The molecule has 3 aromatic heterocycles. The van der Waals surface area contributed by atoms with Gasteiger partial charge in [-0.1, -0.05) is 19.9 Å². The summed E-state index contributed by atoms with van der Waals surface area (Å²) in [4.78, 5) is 8.45. The fourth-order valence-corrected chi connectivity index (χ4v) is 4.18. The number of rotatable bonds is 5. The van der Waals surface area contributed by atoms with Crippen molar-refractivity contribution in [2.75, 3.05) is 0 Å². The maximum atomic E-state index is 5.99. The third-order valence-electron chi connectivity index (χ3n) is 5.43. The first kappa shape index (κ1) is 18.1. The Kier molecular flexibility index (Phi) is 4.68. The van der Waals surface area contributed by atoms with Gasteiger partial charge in [-0.3, -0.25) is 0 Å². The molecule has 5 heteroatoms. The lowest BCUT2D eigenvalue weighted by atomic mass is 9.95. The summed E-state index contributed by atoms with van der Waals surface area (Å²) in [5, 5.41) is 5.96. The molecule has 4 nitrogen and oxygen atoms in total. The molecule has 0 aliphatic heterocycles. The van der Waals surface area contributed by atoms with E-state index in [2.05, 4.69) is 63.0 Å². The first-order chi connectivity index (χ1) is 13.0. The van der Waals surface area contributed by atoms with E-state index in [0.717, 1.165) is 57.7 Å². The van der Waals surface area contributed by atoms with Crippen LogP contribution in [0.1, 0.15) is 55.1 Å². The monoisotopic (exact) mass is 380 g/mol. The summed E-state index contributed by atoms with van der Waals surface area (Å²) in [5.74, 6) is 1.02. The number of fused-ring (bicyclic) bond motifs is 2. The highest BCUT2D eigenvalue weighted by molar-refractivity contribution is 6.17. The molecule has 0 saturated heterocycles. The fraction of sp³-hybridized carbons (Fsp3) is 0.364. The van der Waals surface area contributed by atoms with Crippen LogP contribution in [-0.4, -0.2) is 19.6 Å². The normalized spacial score (nSPS) is 11.9. The zero-order valence-corrected chi connectivity index (χ0v) is 17.1. The van der Waals surface area contributed by atoms with Crippen molar-refractivity contribution < 1.29 is 0 Å². The first-order valence-corrected chi connectivity index (χ1v) is 10.1. The Morgan fingerprint density at radius 2 is 1.89 bits per heavy atom. The van der Waals surface area contributed by atoms with E-state index in [9.17, 15) is 0 Å². The van der Waals surface area contributed by atoms with Gasteiger partial charge in [-0.15, -0.1) is 11.6 Å². The van der Waals surface area contributed by atoms with Gasteiger partial charge in [0.15, 0.2) is 5.65 Å². The van der Waals surface area contributed by atoms with Crippen LogP contribution < -0.4 is 0 Å². The van der Waals surface area contributed by atoms with Crippen molar-refractivity contribution in [2.24, 2.45) is 0 Å². The SMILES string of the molecule is CCC(CC)c1cc(C)nn2c(-c3cc4cc(CCl)ccc4[nH]3)c(C)nc12. The number of alkyl halides is 1. The lowest BCUT2D eigenvalue weighted by Gasteiger charge is -2.14. The van der Waals surface area contributed by atoms with Crippen molar-refractivity contribution in [1.29, 1.82) is 0 Å². The third kappa shape index (κ3) is 3.02. The molecule has 0 aliphatic carbocycles. The molecule has 0 saturated carbocycles. The van der Waals surface area contributed by atoms with Gasteiger partial charge in [-0.25, -0.2) is 9.50 Å². The van der Waals surface area contributed by atoms with Gasteiger partial charge in [0, 0.05) is 22.3 Å². The summed E-state index contributed by atoms with van der Waals surface area (Å²) in [6, 6.07) is 10.6. The first-order valence-electron chi connectivity index (χ1n) is 9.60. The molecule has 0 unspecified atom stereocenters. The average molecular weight is 381 g/mol. The van der Waals surface area contributed by atoms with E-state index in [1.54, 1.807) is 0 Å². The van der Waals surface area contributed by atoms with Gasteiger partial charge in [0.05, 0.1) is 17.1 Å². The Balaban J connectivity index is 1.96. The molecular formula is C22H25ClN4. The van der Waals surface area contributed by atoms with E-state index in [1.807, 2.05) is 4.52 Å². The summed E-state index contributed by atoms with van der Waals surface area (Å²) in [6.45, 7) is 8.60. The number of H-pyrrole nitrogens is 1. The van der Waals surface area contributed by atoms with Crippen LogP contribution >= 0.6 is 11.6 Å². The molecular weight excluding hydrogens is 356 g/mol. The molecule has 4 aromatic rings. The fourth-order valence-electron chi connectivity index (χ4n) is 4.01. The van der Waals surface area contributed by atoms with Crippen molar-refractivity contribution in [1.82, 2.24) is 19.6 Å². The smallest absolute Gasteiger partial charge is 0.158 e. The molecule has 140 valence electrons. The van der Waals surface area contributed by atoms with Crippen molar-refractivity contribution in [3.8, 4) is 11.4 Å². The lowest BCUT2D eigenvalue weighted by Crippen LogP contribution is -2.05. The zero-order valence-electron chi connectivity index (χ0n) is 16.3. The second-order valence-corrected chi connectivity index (χ2v) is 7.54. The highest BCUT2D eigenvalue weighted by Crippen LogP contribution is 2.32. The van der Waals surface area contributed by atoms with E-state index in [1.165, 1.54) is 5.56 Å². The van der Waals surface area contributed by atoms with Gasteiger partial charge in [-0.2, -0.15) is 5.10 Å². The Morgan fingerprint density at radius 3 is 2.59 bits per heavy atom. The van der Waals surface area contributed by atoms with E-state index in [4.69, 9.17) is 21.7 Å². The molecule has 0 radical (unpaired) electrons. The van der Waals surface area contributed by atoms with Crippen LogP contribution in [0.2, 0.25) is 0 Å². The summed E-state index contributed by atoms with van der Waals surface area (Å²) in [6.07, 6.45) is 2.20. The van der Waals surface area contributed by atoms with Gasteiger partial charge in [-0.05, 0) is 62.4 Å². The van der Waals surface area contributed by atoms with Crippen LogP contribution in [0.5, 0.6) is 0 Å². The number of halogens is 1. The Bertz CT molecular complexity index is 1120. The average Bonchev–Trinajstić information content (AvgIpc) is 3.21. The minimum absolute atomic E-state index is 0.498. The molecule has 0 amide bonds. The molecule has 0 atom stereocenters. The van der Waals surface area contributed by atoms with Crippen molar-refractivity contribution in [3.63, 3.8) is 0 Å².